The number of nitrogens with zero attached hydrogens (tertiary/aromatic N) is 2. The number of aromatic nitrogens is 2. The molecular weight excluding hydrogens is 260 g/mol. The van der Waals surface area contributed by atoms with E-state index in [0.29, 0.717) is 0 Å². The maximum atomic E-state index is 9.26. The highest BCUT2D eigenvalue weighted by Gasteiger charge is 1.96. The largest absolute Gasteiger partial charge is 0.493 e. The predicted octanol–water partition coefficient (Wildman–Crippen LogP) is 4.18. The van der Waals surface area contributed by atoms with E-state index in [4.69, 9.17) is 0 Å². The fraction of sp³-hybridized carbons (Fsp3) is 0. The van der Waals surface area contributed by atoms with Gasteiger partial charge in [0.2, 0.25) is 5.88 Å². The predicted molar refractivity (Wildman–Crippen MR) is 85.2 cm³/mol. The second-order valence-electron chi connectivity index (χ2n) is 4.55. The van der Waals surface area contributed by atoms with Crippen molar-refractivity contribution < 1.29 is 5.11 Å². The summed E-state index contributed by atoms with van der Waals surface area (Å²) in [6, 6.07) is 21.6. The third-order valence-corrected chi connectivity index (χ3v) is 3.16. The zero-order valence-electron chi connectivity index (χ0n) is 11.3. The molecule has 0 amide bonds. The minimum atomic E-state index is 0.100. The van der Waals surface area contributed by atoms with E-state index >= 15 is 0 Å². The van der Waals surface area contributed by atoms with Crippen molar-refractivity contribution in [3.8, 4) is 5.88 Å². The van der Waals surface area contributed by atoms with Gasteiger partial charge in [0.1, 0.15) is 0 Å². The second kappa shape index (κ2) is 6.01. The average Bonchev–Trinajstić information content (AvgIpc) is 2.56. The van der Waals surface area contributed by atoms with Gasteiger partial charge >= 0.3 is 0 Å². The molecule has 2 aromatic heterocycles. The fourth-order valence-electron chi connectivity index (χ4n) is 2.12. The Kier molecular flexibility index (Phi) is 3.74. The Bertz CT molecular complexity index is 804. The molecule has 0 atom stereocenters. The summed E-state index contributed by atoms with van der Waals surface area (Å²) in [5.41, 5.74) is 1.06. The first-order valence-corrected chi connectivity index (χ1v) is 6.67. The van der Waals surface area contributed by atoms with Crippen molar-refractivity contribution in [2.24, 2.45) is 0 Å². The highest BCUT2D eigenvalue weighted by Crippen LogP contribution is 2.20. The summed E-state index contributed by atoms with van der Waals surface area (Å²) >= 11 is 0. The van der Waals surface area contributed by atoms with Crippen molar-refractivity contribution in [2.45, 2.75) is 0 Å². The van der Waals surface area contributed by atoms with Crippen LogP contribution < -0.4 is 0 Å². The summed E-state index contributed by atoms with van der Waals surface area (Å²) in [6.45, 7) is 0. The summed E-state index contributed by atoms with van der Waals surface area (Å²) in [7, 11) is 0. The van der Waals surface area contributed by atoms with Crippen LogP contribution in [0, 0.1) is 0 Å². The maximum Gasteiger partial charge on any atom is 0.218 e. The van der Waals surface area contributed by atoms with Gasteiger partial charge < -0.3 is 5.11 Å². The number of rotatable bonds is 0. The molecule has 1 N–H and O–H groups in total. The summed E-state index contributed by atoms with van der Waals surface area (Å²) < 4.78 is 0. The number of para-hydroxylation sites is 1. The van der Waals surface area contributed by atoms with Crippen LogP contribution in [0.3, 0.4) is 0 Å². The van der Waals surface area contributed by atoms with Gasteiger partial charge in [-0.1, -0.05) is 42.5 Å². The van der Waals surface area contributed by atoms with Crippen LogP contribution in [-0.2, 0) is 0 Å². The first kappa shape index (κ1) is 13.1. The minimum Gasteiger partial charge on any atom is -0.493 e. The average molecular weight is 274 g/mol. The van der Waals surface area contributed by atoms with E-state index in [2.05, 4.69) is 22.1 Å². The van der Waals surface area contributed by atoms with Gasteiger partial charge in [0.05, 0.1) is 5.52 Å². The monoisotopic (exact) mass is 274 g/mol. The van der Waals surface area contributed by atoms with Crippen molar-refractivity contribution in [3.05, 3.63) is 79.1 Å². The summed E-state index contributed by atoms with van der Waals surface area (Å²) in [6.07, 6.45) is 3.40. The molecular formula is C18H14N2O. The van der Waals surface area contributed by atoms with E-state index < -0.39 is 0 Å². The van der Waals surface area contributed by atoms with Gasteiger partial charge in [-0.05, 0) is 29.7 Å². The lowest BCUT2D eigenvalue weighted by Gasteiger charge is -1.96. The van der Waals surface area contributed by atoms with Crippen LogP contribution in [0.1, 0.15) is 0 Å². The highest BCUT2D eigenvalue weighted by atomic mass is 16.3. The SMILES string of the molecule is Oc1nccc2ccccc12.c1ccc2ncccc2c1. The molecule has 2 heterocycles. The smallest absolute Gasteiger partial charge is 0.218 e. The number of fused-ring (bicyclic) bond motifs is 2. The first-order chi connectivity index (χ1) is 10.3. The zero-order valence-corrected chi connectivity index (χ0v) is 11.3. The Hall–Kier alpha value is -2.94. The quantitative estimate of drug-likeness (QED) is 0.523. The van der Waals surface area contributed by atoms with Crippen molar-refractivity contribution in [1.82, 2.24) is 9.97 Å². The Balaban J connectivity index is 0.000000126. The molecule has 3 heteroatoms. The van der Waals surface area contributed by atoms with E-state index in [1.165, 1.54) is 5.39 Å². The normalized spacial score (nSPS) is 10.1. The molecule has 0 saturated heterocycles. The van der Waals surface area contributed by atoms with Gasteiger partial charge in [-0.15, -0.1) is 0 Å². The van der Waals surface area contributed by atoms with Gasteiger partial charge in [-0.25, -0.2) is 4.98 Å². The molecule has 0 bridgehead atoms. The lowest BCUT2D eigenvalue weighted by Crippen LogP contribution is -1.75. The van der Waals surface area contributed by atoms with Gasteiger partial charge in [0, 0.05) is 23.2 Å². The van der Waals surface area contributed by atoms with E-state index in [-0.39, 0.29) is 5.88 Å². The summed E-state index contributed by atoms with van der Waals surface area (Å²) in [5.74, 6) is 0.100. The molecule has 0 aliphatic rings. The number of hydrogen-bond acceptors (Lipinski definition) is 3. The molecule has 0 saturated carbocycles. The third kappa shape index (κ3) is 2.98. The Labute approximate surface area is 122 Å². The topological polar surface area (TPSA) is 46.0 Å². The molecule has 0 radical (unpaired) electrons. The van der Waals surface area contributed by atoms with Crippen LogP contribution in [0.25, 0.3) is 21.7 Å². The second-order valence-corrected chi connectivity index (χ2v) is 4.55. The highest BCUT2D eigenvalue weighted by molar-refractivity contribution is 5.86. The van der Waals surface area contributed by atoms with Gasteiger partial charge in [0.15, 0.2) is 0 Å². The molecule has 0 unspecified atom stereocenters. The van der Waals surface area contributed by atoms with E-state index in [0.717, 1.165) is 16.3 Å². The Morgan fingerprint density at radius 2 is 1.33 bits per heavy atom. The Morgan fingerprint density at radius 3 is 2.14 bits per heavy atom. The molecule has 0 aliphatic heterocycles. The molecule has 0 aliphatic carbocycles. The molecule has 4 rings (SSSR count). The lowest BCUT2D eigenvalue weighted by atomic mass is 10.2. The van der Waals surface area contributed by atoms with Crippen LogP contribution in [0.4, 0.5) is 0 Å². The van der Waals surface area contributed by atoms with Crippen LogP contribution in [-0.4, -0.2) is 15.1 Å². The van der Waals surface area contributed by atoms with Crippen LogP contribution in [0.2, 0.25) is 0 Å². The maximum absolute atomic E-state index is 9.26. The van der Waals surface area contributed by atoms with E-state index in [1.54, 1.807) is 6.20 Å². The molecule has 3 nitrogen and oxygen atoms in total. The summed E-state index contributed by atoms with van der Waals surface area (Å²) in [5, 5.41) is 12.3. The zero-order chi connectivity index (χ0) is 14.5. The van der Waals surface area contributed by atoms with Crippen molar-refractivity contribution in [2.75, 3.05) is 0 Å². The van der Waals surface area contributed by atoms with Crippen molar-refractivity contribution >= 4 is 21.7 Å². The number of aromatic hydroxyl groups is 1. The van der Waals surface area contributed by atoms with Gasteiger partial charge in [-0.2, -0.15) is 0 Å². The van der Waals surface area contributed by atoms with Crippen LogP contribution >= 0.6 is 0 Å². The standard InChI is InChI=1S/C9H7NO.C9H7N/c11-9-8-4-2-1-3-7(8)5-6-10-9;1-2-6-9-8(4-1)5-3-7-10-9/h1-6H,(H,10,11);1-7H. The molecule has 4 aromatic rings. The van der Waals surface area contributed by atoms with Gasteiger partial charge in [-0.3, -0.25) is 4.98 Å². The Morgan fingerprint density at radius 1 is 0.619 bits per heavy atom. The lowest BCUT2D eigenvalue weighted by molar-refractivity contribution is 0.460. The molecule has 0 fully saturated rings. The third-order valence-electron chi connectivity index (χ3n) is 3.16. The van der Waals surface area contributed by atoms with Crippen molar-refractivity contribution in [3.63, 3.8) is 0 Å². The number of benzene rings is 2. The van der Waals surface area contributed by atoms with Gasteiger partial charge in [0.25, 0.3) is 0 Å². The molecule has 102 valence electrons. The number of hydrogen-bond donors (Lipinski definition) is 1. The van der Waals surface area contributed by atoms with E-state index in [9.17, 15) is 5.11 Å². The minimum absolute atomic E-state index is 0.100. The van der Waals surface area contributed by atoms with Crippen molar-refractivity contribution in [1.29, 1.82) is 0 Å². The number of pyridine rings is 2. The first-order valence-electron chi connectivity index (χ1n) is 6.67. The van der Waals surface area contributed by atoms with Crippen LogP contribution in [0.5, 0.6) is 5.88 Å². The molecule has 2 aromatic carbocycles. The van der Waals surface area contributed by atoms with Crippen LogP contribution in [0.15, 0.2) is 79.1 Å². The fourth-order valence-corrected chi connectivity index (χ4v) is 2.12. The molecule has 21 heavy (non-hydrogen) atoms. The molecule has 0 spiro atoms. The summed E-state index contributed by atoms with van der Waals surface area (Å²) in [4.78, 5) is 7.94. The van der Waals surface area contributed by atoms with E-state index in [1.807, 2.05) is 60.8 Å².